The third-order valence-electron chi connectivity index (χ3n) is 15.1. The first kappa shape index (κ1) is 108. The highest BCUT2D eigenvalue weighted by molar-refractivity contribution is 9.09. The zero-order chi connectivity index (χ0) is 93.3. The molecule has 0 aliphatic carbocycles. The molecular weight excluding hydrogens is 1690 g/mol. The number of benzene rings is 8. The van der Waals surface area contributed by atoms with Crippen LogP contribution in [0.2, 0.25) is 0 Å². The number of aromatic hydroxyl groups is 2. The number of aryl methyl sites for hydroxylation is 1. The highest BCUT2D eigenvalue weighted by atomic mass is 79.9. The number of allylic oxidation sites excluding steroid dienone is 2. The molecule has 6 N–H and O–H groups in total. The van der Waals surface area contributed by atoms with E-state index in [9.17, 15) is 61.0 Å². The maximum Gasteiger partial charge on any atom is 0.344 e. The number of phenolic OH excluding ortho intramolecular Hbond substituents is 2. The van der Waals surface area contributed by atoms with Gasteiger partial charge >= 0.3 is 17.9 Å². The molecule has 0 saturated carbocycles. The second kappa shape index (κ2) is 56.3. The lowest BCUT2D eigenvalue weighted by Gasteiger charge is -2.19. The Labute approximate surface area is 728 Å². The molecule has 0 aliphatic heterocycles. The number of nitrogens with two attached hydrogens (primary N) is 2. The first-order chi connectivity index (χ1) is 58.5. The van der Waals surface area contributed by atoms with Gasteiger partial charge in [0.25, 0.3) is 0 Å². The van der Waals surface area contributed by atoms with Gasteiger partial charge in [0.1, 0.15) is 74.7 Å². The molecule has 0 aliphatic rings. The summed E-state index contributed by atoms with van der Waals surface area (Å²) >= 11 is 2.99. The van der Waals surface area contributed by atoms with Crippen LogP contribution in [-0.4, -0.2) is 189 Å². The first-order valence-electron chi connectivity index (χ1n) is 38.0. The summed E-state index contributed by atoms with van der Waals surface area (Å²) in [6.45, 7) is 20.0. The van der Waals surface area contributed by atoms with E-state index >= 15 is 0 Å². The molecule has 32 heteroatoms. The topological polar surface area (TPSA) is 368 Å². The minimum atomic E-state index is -0.664. The Morgan fingerprint density at radius 2 is 0.726 bits per heavy atom. The summed E-state index contributed by atoms with van der Waals surface area (Å²) in [5, 5.41) is 18.4. The molecule has 0 fully saturated rings. The summed E-state index contributed by atoms with van der Waals surface area (Å²) in [5.74, 6) is -1.04. The molecule has 0 amide bonds. The standard InChI is InChI=1S/C23H27FO6.C23H25FO6.C17H15FO4.C9H10O3.C8H7FO2.C6H11BrO2.C6H16N2O2/c2*1-23(2,3)30-22(26)14-29-18-12-16(11-17(24)13-18)19(25)8-6-15-7-9-20(27-4)21(10-15)28-5;1-21-16-6-4-11(7-17(16)22-2)3-5-15(20)12-8-13(18)10-14(19)9-12;1-11-8-4-3-7(6-10)5-9(8)12-2;1-5(10)6-2-7(9)4-8(11)3-6;1-6(2,3)9-5(8)4-7;7-1-3-9-5-6-10-4-2-8/h7,9-13H,6,8,14H2,1-5H3;6-13H,14H2,1-5H3;3-10,19H,1-2H3;3-6H,1-2H3;2-4,11H,1H3;4H2,1-3H3;1-8H2/b;8-6+;5-3+;;;;. The lowest BCUT2D eigenvalue weighted by molar-refractivity contribution is -0.158. The molecule has 27 nitrogen and oxygen atoms in total. The maximum absolute atomic E-state index is 14.0. The van der Waals surface area contributed by atoms with E-state index < -0.39 is 64.6 Å². The van der Waals surface area contributed by atoms with Gasteiger partial charge in [-0.2, -0.15) is 0 Å². The van der Waals surface area contributed by atoms with Crippen molar-refractivity contribution in [3.8, 4) is 69.0 Å². The van der Waals surface area contributed by atoms with Crippen molar-refractivity contribution < 1.29 is 137 Å². The molecule has 0 aromatic heterocycles. The average molecular weight is 1800 g/mol. The van der Waals surface area contributed by atoms with Gasteiger partial charge in [0, 0.05) is 71.6 Å². The van der Waals surface area contributed by atoms with Gasteiger partial charge < -0.3 is 92.7 Å². The number of hydrogen-bond acceptors (Lipinski definition) is 27. The molecule has 0 bridgehead atoms. The normalized spacial score (nSPS) is 10.7. The van der Waals surface area contributed by atoms with Crippen LogP contribution in [0.3, 0.4) is 0 Å². The predicted octanol–water partition coefficient (Wildman–Crippen LogP) is 16.2. The number of carbonyl (C=O) groups excluding carboxylic acids is 8. The van der Waals surface area contributed by atoms with Crippen molar-refractivity contribution in [1.82, 2.24) is 0 Å². The van der Waals surface area contributed by atoms with E-state index in [-0.39, 0.29) is 86.7 Å². The van der Waals surface area contributed by atoms with Crippen LogP contribution < -0.4 is 58.8 Å². The van der Waals surface area contributed by atoms with Crippen molar-refractivity contribution in [3.63, 3.8) is 0 Å². The maximum atomic E-state index is 14.0. The smallest absolute Gasteiger partial charge is 0.344 e. The Kier molecular flexibility index (Phi) is 48.9. The number of hydrogen-bond donors (Lipinski definition) is 4. The molecule has 0 spiro atoms. The number of ketones is 4. The second-order valence-corrected chi connectivity index (χ2v) is 29.1. The number of ether oxygens (including phenoxy) is 15. The van der Waals surface area contributed by atoms with Gasteiger partial charge in [-0.05, 0) is 208 Å². The fourth-order valence-corrected chi connectivity index (χ4v) is 9.90. The zero-order valence-corrected chi connectivity index (χ0v) is 74.4. The number of carbonyl (C=O) groups is 8. The lowest BCUT2D eigenvalue weighted by Crippen LogP contribution is -2.27. The third-order valence-corrected chi connectivity index (χ3v) is 15.5. The van der Waals surface area contributed by atoms with E-state index in [1.54, 1.807) is 142 Å². The number of Topliss-reactive ketones (excluding diaryl/α,β-unsaturated/α-hetero) is 2. The number of alkyl halides is 1. The molecule has 674 valence electrons. The minimum Gasteiger partial charge on any atom is -0.508 e. The van der Waals surface area contributed by atoms with E-state index in [0.717, 1.165) is 65.9 Å². The van der Waals surface area contributed by atoms with Crippen LogP contribution in [0.5, 0.6) is 69.0 Å². The van der Waals surface area contributed by atoms with E-state index in [2.05, 4.69) is 15.9 Å². The molecule has 0 radical (unpaired) electrons. The summed E-state index contributed by atoms with van der Waals surface area (Å²) < 4.78 is 131. The van der Waals surface area contributed by atoms with Gasteiger partial charge in [-0.15, -0.1) is 0 Å². The van der Waals surface area contributed by atoms with Crippen molar-refractivity contribution in [3.05, 3.63) is 226 Å². The number of halogens is 5. The average Bonchev–Trinajstić information content (AvgIpc) is 0.848. The zero-order valence-electron chi connectivity index (χ0n) is 72.8. The van der Waals surface area contributed by atoms with Crippen LogP contribution in [0, 0.1) is 23.3 Å². The van der Waals surface area contributed by atoms with Crippen molar-refractivity contribution in [2.24, 2.45) is 11.5 Å². The van der Waals surface area contributed by atoms with Crippen molar-refractivity contribution in [2.45, 2.75) is 98.9 Å². The molecule has 124 heavy (non-hydrogen) atoms. The summed E-state index contributed by atoms with van der Waals surface area (Å²) in [7, 11) is 12.3. The highest BCUT2D eigenvalue weighted by Crippen LogP contribution is 2.33. The van der Waals surface area contributed by atoms with Gasteiger partial charge in [-0.3, -0.25) is 28.8 Å². The number of phenols is 2. The van der Waals surface area contributed by atoms with Crippen molar-refractivity contribution in [1.29, 1.82) is 0 Å². The van der Waals surface area contributed by atoms with E-state index in [1.807, 2.05) is 26.8 Å². The fourth-order valence-electron chi connectivity index (χ4n) is 9.79. The molecule has 8 rings (SSSR count). The molecule has 8 aromatic carbocycles. The van der Waals surface area contributed by atoms with E-state index in [4.69, 9.17) is 87.6 Å². The van der Waals surface area contributed by atoms with Gasteiger partial charge in [-0.25, -0.2) is 27.2 Å². The Bertz CT molecular complexity index is 4760. The lowest BCUT2D eigenvalue weighted by atomic mass is 10.0. The Balaban J connectivity index is 0.000000516. The van der Waals surface area contributed by atoms with Crippen LogP contribution in [0.15, 0.2) is 158 Å². The number of aldehydes is 1. The Morgan fingerprint density at radius 3 is 1.08 bits per heavy atom. The quantitative estimate of drug-likeness (QED) is 0.00425. The highest BCUT2D eigenvalue weighted by Gasteiger charge is 2.21. The fraction of sp³-hybridized carbons (Fsp3) is 0.348. The second-order valence-electron chi connectivity index (χ2n) is 28.5. The van der Waals surface area contributed by atoms with E-state index in [0.29, 0.717) is 103 Å². The van der Waals surface area contributed by atoms with Crippen molar-refractivity contribution >= 4 is 75.4 Å². The monoisotopic (exact) mass is 1800 g/mol. The molecule has 0 unspecified atom stereocenters. The molecule has 0 saturated heterocycles. The van der Waals surface area contributed by atoms with Crippen LogP contribution in [-0.2, 0) is 44.5 Å². The largest absolute Gasteiger partial charge is 0.508 e. The van der Waals surface area contributed by atoms with Crippen LogP contribution in [0.25, 0.3) is 12.2 Å². The summed E-state index contributed by atoms with van der Waals surface area (Å²) in [4.78, 5) is 92.1. The summed E-state index contributed by atoms with van der Waals surface area (Å²) in [5.41, 5.74) is 12.1. The molecule has 0 atom stereocenters. The van der Waals surface area contributed by atoms with Gasteiger partial charge in [0.15, 0.2) is 82.3 Å². The van der Waals surface area contributed by atoms with Gasteiger partial charge in [0.2, 0.25) is 0 Å². The Morgan fingerprint density at radius 1 is 0.395 bits per heavy atom. The third kappa shape index (κ3) is 44.4. The van der Waals surface area contributed by atoms with Gasteiger partial charge in [-0.1, -0.05) is 46.3 Å². The Hall–Kier alpha value is -12.4. The van der Waals surface area contributed by atoms with Crippen molar-refractivity contribution in [2.75, 3.05) is 115 Å². The van der Waals surface area contributed by atoms with Crippen LogP contribution in [0.1, 0.15) is 144 Å². The number of methoxy groups -OCH3 is 8. The van der Waals surface area contributed by atoms with E-state index in [1.165, 1.54) is 78.9 Å². The molecular formula is C92H111BrF4N2O25. The molecule has 8 aromatic rings. The SMILES string of the molecule is CC(=O)c1cc(O)cc(F)c1.CC(C)(C)OC(=O)CBr.COc1ccc(/C=C/C(=O)c2cc(F)cc(OCC(=O)OC(C)(C)C)c2)cc1OC.COc1ccc(/C=C/C(=O)c2cc(O)cc(F)c2)cc1OC.COc1ccc(C=O)cc1OC.COc1ccc(CCC(=O)c2cc(F)cc(OCC(=O)OC(C)(C)C)c2)cc1OC.NCCOCCOCCN. The van der Waals surface area contributed by atoms with Crippen LogP contribution in [0.4, 0.5) is 17.6 Å². The summed E-state index contributed by atoms with van der Waals surface area (Å²) in [6.07, 6.45) is 7.15. The first-order valence-corrected chi connectivity index (χ1v) is 39.1. The number of rotatable bonds is 34. The number of esters is 3. The predicted molar refractivity (Wildman–Crippen MR) is 464 cm³/mol. The minimum absolute atomic E-state index is 0.0590. The summed E-state index contributed by atoms with van der Waals surface area (Å²) in [6, 6.07) is 34.5. The van der Waals surface area contributed by atoms with Gasteiger partial charge in [0.05, 0.1) is 83.3 Å². The molecule has 0 heterocycles. The van der Waals surface area contributed by atoms with Crippen LogP contribution >= 0.6 is 15.9 Å².